The van der Waals surface area contributed by atoms with Crippen molar-refractivity contribution in [3.05, 3.63) is 22.1 Å². The van der Waals surface area contributed by atoms with Crippen molar-refractivity contribution in [2.24, 2.45) is 5.92 Å². The molecule has 0 aromatic carbocycles. The Morgan fingerprint density at radius 3 is 2.88 bits per heavy atom. The zero-order valence-corrected chi connectivity index (χ0v) is 15.6. The number of H-pyrrole nitrogens is 1. The van der Waals surface area contributed by atoms with Crippen molar-refractivity contribution in [3.63, 3.8) is 0 Å². The SMILES string of the molecule is CCCNC(=O)CSc1nc2cc(C)[nH]c2c(=O)n1CCC(C)C. The predicted molar refractivity (Wildman–Crippen MR) is 98.6 cm³/mol. The molecule has 0 saturated heterocycles. The normalized spacial score (nSPS) is 11.4. The summed E-state index contributed by atoms with van der Waals surface area (Å²) in [7, 11) is 0. The largest absolute Gasteiger partial charge is 0.355 e. The van der Waals surface area contributed by atoms with Gasteiger partial charge in [0.05, 0.1) is 11.3 Å². The highest BCUT2D eigenvalue weighted by Gasteiger charge is 2.15. The molecule has 132 valence electrons. The fraction of sp³-hybridized carbons (Fsp3) is 0.588. The average molecular weight is 350 g/mol. The Bertz CT molecular complexity index is 764. The number of nitrogens with zero attached hydrogens (tertiary/aromatic N) is 2. The second-order valence-electron chi connectivity index (χ2n) is 6.38. The number of carbonyl (C=O) groups is 1. The molecule has 0 fully saturated rings. The van der Waals surface area contributed by atoms with E-state index < -0.39 is 0 Å². The summed E-state index contributed by atoms with van der Waals surface area (Å²) >= 11 is 1.32. The van der Waals surface area contributed by atoms with Crippen molar-refractivity contribution >= 4 is 28.7 Å². The van der Waals surface area contributed by atoms with Gasteiger partial charge in [0.2, 0.25) is 5.91 Å². The summed E-state index contributed by atoms with van der Waals surface area (Å²) in [5.74, 6) is 0.726. The van der Waals surface area contributed by atoms with Crippen LogP contribution in [0.3, 0.4) is 0 Å². The number of aromatic amines is 1. The molecule has 24 heavy (non-hydrogen) atoms. The lowest BCUT2D eigenvalue weighted by molar-refractivity contribution is -0.118. The lowest BCUT2D eigenvalue weighted by atomic mass is 10.1. The van der Waals surface area contributed by atoms with Gasteiger partial charge in [0, 0.05) is 18.8 Å². The first-order valence-corrected chi connectivity index (χ1v) is 9.40. The molecular formula is C17H26N4O2S. The zero-order chi connectivity index (χ0) is 17.7. The highest BCUT2D eigenvalue weighted by atomic mass is 32.2. The van der Waals surface area contributed by atoms with Gasteiger partial charge in [0.25, 0.3) is 5.56 Å². The number of nitrogens with one attached hydrogen (secondary N) is 2. The maximum absolute atomic E-state index is 12.8. The van der Waals surface area contributed by atoms with E-state index in [1.165, 1.54) is 11.8 Å². The van der Waals surface area contributed by atoms with E-state index in [1.807, 2.05) is 19.9 Å². The van der Waals surface area contributed by atoms with E-state index in [2.05, 4.69) is 29.1 Å². The summed E-state index contributed by atoms with van der Waals surface area (Å²) in [5.41, 5.74) is 2.05. The Morgan fingerprint density at radius 1 is 1.46 bits per heavy atom. The fourth-order valence-corrected chi connectivity index (χ4v) is 3.21. The van der Waals surface area contributed by atoms with E-state index in [-0.39, 0.29) is 17.2 Å². The van der Waals surface area contributed by atoms with Gasteiger partial charge in [-0.2, -0.15) is 0 Å². The van der Waals surface area contributed by atoms with E-state index in [9.17, 15) is 9.59 Å². The Morgan fingerprint density at radius 2 is 2.21 bits per heavy atom. The molecule has 2 aromatic rings. The number of aromatic nitrogens is 3. The quantitative estimate of drug-likeness (QED) is 0.567. The Labute approximate surface area is 146 Å². The van der Waals surface area contributed by atoms with Crippen LogP contribution in [-0.4, -0.2) is 32.7 Å². The Kier molecular flexibility index (Phi) is 6.48. The molecule has 0 atom stereocenters. The van der Waals surface area contributed by atoms with Crippen LogP contribution >= 0.6 is 11.8 Å². The van der Waals surface area contributed by atoms with Gasteiger partial charge in [-0.05, 0) is 31.7 Å². The fourth-order valence-electron chi connectivity index (χ4n) is 2.35. The number of carbonyl (C=O) groups excluding carboxylic acids is 1. The molecule has 0 radical (unpaired) electrons. The van der Waals surface area contributed by atoms with Crippen molar-refractivity contribution < 1.29 is 4.79 Å². The van der Waals surface area contributed by atoms with Gasteiger partial charge in [-0.25, -0.2) is 4.98 Å². The summed E-state index contributed by atoms with van der Waals surface area (Å²) in [5, 5.41) is 3.46. The van der Waals surface area contributed by atoms with Gasteiger partial charge in [0.1, 0.15) is 5.52 Å². The molecular weight excluding hydrogens is 324 g/mol. The number of rotatable bonds is 8. The smallest absolute Gasteiger partial charge is 0.278 e. The number of thioether (sulfide) groups is 1. The molecule has 1 amide bonds. The summed E-state index contributed by atoms with van der Waals surface area (Å²) in [6, 6.07) is 1.87. The number of aryl methyl sites for hydroxylation is 1. The third kappa shape index (κ3) is 4.63. The lowest BCUT2D eigenvalue weighted by Gasteiger charge is -2.13. The molecule has 0 aliphatic rings. The van der Waals surface area contributed by atoms with E-state index in [1.54, 1.807) is 4.57 Å². The van der Waals surface area contributed by atoms with Crippen LogP contribution in [0.2, 0.25) is 0 Å². The number of fused-ring (bicyclic) bond motifs is 1. The van der Waals surface area contributed by atoms with Crippen molar-refractivity contribution in [1.82, 2.24) is 19.9 Å². The molecule has 6 nitrogen and oxygen atoms in total. The molecule has 0 bridgehead atoms. The minimum atomic E-state index is -0.0646. The standard InChI is InChI=1S/C17H26N4O2S/c1-5-7-18-14(22)10-24-17-20-13-9-12(4)19-15(13)16(23)21(17)8-6-11(2)3/h9,11,19H,5-8,10H2,1-4H3,(H,18,22). The van der Waals surface area contributed by atoms with E-state index in [4.69, 9.17) is 0 Å². The molecule has 2 rings (SSSR count). The van der Waals surface area contributed by atoms with Gasteiger partial charge in [-0.3, -0.25) is 14.2 Å². The van der Waals surface area contributed by atoms with Crippen molar-refractivity contribution in [2.45, 2.75) is 52.2 Å². The minimum absolute atomic E-state index is 0.0307. The van der Waals surface area contributed by atoms with Crippen molar-refractivity contribution in [3.8, 4) is 0 Å². The average Bonchev–Trinajstić information content (AvgIpc) is 2.90. The summed E-state index contributed by atoms with van der Waals surface area (Å²) in [4.78, 5) is 32.3. The van der Waals surface area contributed by atoms with E-state index in [0.29, 0.717) is 35.2 Å². The first-order valence-electron chi connectivity index (χ1n) is 8.42. The Hall–Kier alpha value is -1.76. The van der Waals surface area contributed by atoms with Crippen LogP contribution in [0, 0.1) is 12.8 Å². The van der Waals surface area contributed by atoms with Crippen LogP contribution in [0.4, 0.5) is 0 Å². The second kappa shape index (κ2) is 8.37. The van der Waals surface area contributed by atoms with Gasteiger partial charge in [-0.1, -0.05) is 32.5 Å². The topological polar surface area (TPSA) is 79.8 Å². The highest BCUT2D eigenvalue weighted by molar-refractivity contribution is 7.99. The van der Waals surface area contributed by atoms with Crippen LogP contribution in [0.25, 0.3) is 11.0 Å². The molecule has 2 aromatic heterocycles. The highest BCUT2D eigenvalue weighted by Crippen LogP contribution is 2.19. The van der Waals surface area contributed by atoms with Gasteiger partial charge in [0.15, 0.2) is 5.16 Å². The van der Waals surface area contributed by atoms with Crippen molar-refractivity contribution in [2.75, 3.05) is 12.3 Å². The molecule has 7 heteroatoms. The zero-order valence-electron chi connectivity index (χ0n) is 14.8. The molecule has 0 spiro atoms. The third-order valence-corrected chi connectivity index (χ3v) is 4.65. The molecule has 2 heterocycles. The maximum atomic E-state index is 12.8. The van der Waals surface area contributed by atoms with Crippen molar-refractivity contribution in [1.29, 1.82) is 0 Å². The first kappa shape index (κ1) is 18.6. The van der Waals surface area contributed by atoms with Crippen LogP contribution in [0.15, 0.2) is 16.0 Å². The summed E-state index contributed by atoms with van der Waals surface area (Å²) in [6.45, 7) is 9.45. The molecule has 0 aliphatic heterocycles. The lowest BCUT2D eigenvalue weighted by Crippen LogP contribution is -2.27. The Balaban J connectivity index is 2.29. The number of amides is 1. The van der Waals surface area contributed by atoms with E-state index in [0.717, 1.165) is 18.5 Å². The first-order chi connectivity index (χ1) is 11.4. The second-order valence-corrected chi connectivity index (χ2v) is 7.33. The van der Waals surface area contributed by atoms with Gasteiger partial charge in [-0.15, -0.1) is 0 Å². The number of hydrogen-bond acceptors (Lipinski definition) is 4. The number of hydrogen-bond donors (Lipinski definition) is 2. The van der Waals surface area contributed by atoms with Crippen LogP contribution in [0.1, 0.15) is 39.3 Å². The monoisotopic (exact) mass is 350 g/mol. The molecule has 2 N–H and O–H groups in total. The van der Waals surface area contributed by atoms with Gasteiger partial charge < -0.3 is 10.3 Å². The van der Waals surface area contributed by atoms with E-state index >= 15 is 0 Å². The van der Waals surface area contributed by atoms with Crippen LogP contribution < -0.4 is 10.9 Å². The molecule has 0 aliphatic carbocycles. The maximum Gasteiger partial charge on any atom is 0.278 e. The molecule has 0 saturated carbocycles. The summed E-state index contributed by atoms with van der Waals surface area (Å²) < 4.78 is 1.69. The van der Waals surface area contributed by atoms with Crippen LogP contribution in [0.5, 0.6) is 0 Å². The predicted octanol–water partition coefficient (Wildman–Crippen LogP) is 2.70. The molecule has 0 unspecified atom stereocenters. The minimum Gasteiger partial charge on any atom is -0.355 e. The third-order valence-electron chi connectivity index (χ3n) is 3.67. The van der Waals surface area contributed by atoms with Gasteiger partial charge >= 0.3 is 0 Å². The van der Waals surface area contributed by atoms with Crippen LogP contribution in [-0.2, 0) is 11.3 Å². The summed E-state index contributed by atoms with van der Waals surface area (Å²) in [6.07, 6.45) is 1.80.